The molecule has 10 heavy (non-hydrogen) atoms. The topological polar surface area (TPSA) is 112 Å². The molecule has 0 bridgehead atoms. The van der Waals surface area contributed by atoms with Gasteiger partial charge in [0, 0.05) is 0 Å². The van der Waals surface area contributed by atoms with Crippen LogP contribution in [0.25, 0.3) is 0 Å². The Bertz CT molecular complexity index is 155. The number of hydrogen-bond donors (Lipinski definition) is 4. The maximum atomic E-state index is 9.05. The summed E-state index contributed by atoms with van der Waals surface area (Å²) in [7, 11) is -3.97. The van der Waals surface area contributed by atoms with E-state index in [1.54, 1.807) is 0 Å². The van der Waals surface area contributed by atoms with Crippen LogP contribution in [0.5, 0.6) is 0 Å². The van der Waals surface area contributed by atoms with Gasteiger partial charge in [0.25, 0.3) is 11.4 Å². The van der Waals surface area contributed by atoms with Crippen molar-refractivity contribution in [2.45, 2.75) is 0 Å². The maximum absolute atomic E-state index is 9.05. The monoisotopic (exact) mass is 236 g/mol. The first kappa shape index (κ1) is 17.9. The van der Waals surface area contributed by atoms with E-state index in [0.29, 0.717) is 0 Å². The van der Waals surface area contributed by atoms with Gasteiger partial charge in [0.15, 0.2) is 0 Å². The summed E-state index contributed by atoms with van der Waals surface area (Å²) in [6, 6.07) is 0. The summed E-state index contributed by atoms with van der Waals surface area (Å²) in [5.74, 6) is 0. The third kappa shape index (κ3) is 207. The molecule has 0 aliphatic carbocycles. The Kier molecular flexibility index (Phi) is 16.2. The van der Waals surface area contributed by atoms with Crippen LogP contribution < -0.4 is 0 Å². The van der Waals surface area contributed by atoms with Crippen molar-refractivity contribution in [3.8, 4) is 0 Å². The van der Waals surface area contributed by atoms with Gasteiger partial charge in [-0.2, -0.15) is 12.6 Å². The van der Waals surface area contributed by atoms with Crippen molar-refractivity contribution in [1.29, 1.82) is 0 Å². The third-order valence-electron chi connectivity index (χ3n) is 0. The summed E-state index contributed by atoms with van der Waals surface area (Å²) in [5.41, 5.74) is 0. The fourth-order valence-corrected chi connectivity index (χ4v) is 0. The fourth-order valence-electron chi connectivity index (χ4n) is 0. The van der Waals surface area contributed by atoms with E-state index in [1.165, 1.54) is 0 Å². The van der Waals surface area contributed by atoms with Crippen LogP contribution in [0.2, 0.25) is 0 Å². The molecule has 0 saturated carbocycles. The van der Waals surface area contributed by atoms with Gasteiger partial charge < -0.3 is 0 Å². The van der Waals surface area contributed by atoms with Crippen molar-refractivity contribution in [3.63, 3.8) is 0 Å². The predicted molar refractivity (Wildman–Crippen MR) is 41.1 cm³/mol. The molecule has 0 unspecified atom stereocenters. The molecular weight excluding hydrogens is 231 g/mol. The van der Waals surface area contributed by atoms with Crippen LogP contribution in [0, 0.1) is 0 Å². The normalized spacial score (nSPS) is 9.30. The van der Waals surface area contributed by atoms with Crippen LogP contribution in [0.15, 0.2) is 0 Å². The second-order valence-corrected chi connectivity index (χ2v) is 3.42. The summed E-state index contributed by atoms with van der Waals surface area (Å²) in [6.45, 7) is 0. The molecule has 10 heteroatoms. The summed E-state index contributed by atoms with van der Waals surface area (Å²) < 4.78 is 48.3. The van der Waals surface area contributed by atoms with E-state index in [2.05, 4.69) is 11.7 Å². The zero-order valence-corrected chi connectivity index (χ0v) is 6.36. The van der Waals surface area contributed by atoms with Crippen LogP contribution in [0.3, 0.4) is 0 Å². The van der Waals surface area contributed by atoms with E-state index in [0.717, 1.165) is 0 Å². The van der Waals surface area contributed by atoms with Gasteiger partial charge in [-0.25, -0.2) is 0 Å². The molecule has 0 atom stereocenters. The van der Waals surface area contributed by atoms with E-state index < -0.39 is 20.5 Å². The molecule has 0 fully saturated rings. The van der Waals surface area contributed by atoms with Gasteiger partial charge in [-0.3, -0.25) is 13.7 Å². The SMILES string of the molecule is O=S(=O)(O)S.O=S(O)O.[KH]. The molecule has 60 valence electrons. The van der Waals surface area contributed by atoms with Crippen molar-refractivity contribution >= 4 is 83.6 Å². The van der Waals surface area contributed by atoms with Gasteiger partial charge in [0.2, 0.25) is 0 Å². The average Bonchev–Trinajstić information content (AvgIpc) is 1.19. The molecule has 0 amide bonds. The van der Waals surface area contributed by atoms with Crippen molar-refractivity contribution in [1.82, 2.24) is 0 Å². The van der Waals surface area contributed by atoms with E-state index in [9.17, 15) is 0 Å². The zero-order chi connectivity index (χ0) is 8.08. The fraction of sp³-hybridized carbons (Fsp3) is 0. The van der Waals surface area contributed by atoms with Gasteiger partial charge in [0.05, 0.1) is 0 Å². The first-order valence-electron chi connectivity index (χ1n) is 1.23. The van der Waals surface area contributed by atoms with Gasteiger partial charge in [-0.15, -0.1) is 0 Å². The number of rotatable bonds is 0. The Morgan fingerprint density at radius 2 is 1.30 bits per heavy atom. The minimum absolute atomic E-state index is 0. The summed E-state index contributed by atoms with van der Waals surface area (Å²) in [4.78, 5) is 0. The first-order valence-corrected chi connectivity index (χ1v) is 4.79. The Morgan fingerprint density at radius 1 is 1.30 bits per heavy atom. The molecule has 3 N–H and O–H groups in total. The molecule has 0 aliphatic heterocycles. The molecule has 0 radical (unpaired) electrons. The van der Waals surface area contributed by atoms with Crippen LogP contribution >= 0.6 is 11.7 Å². The second kappa shape index (κ2) is 9.06. The summed E-state index contributed by atoms with van der Waals surface area (Å²) in [6.07, 6.45) is 0. The quantitative estimate of drug-likeness (QED) is 0.137. The van der Waals surface area contributed by atoms with E-state index in [-0.39, 0.29) is 51.4 Å². The van der Waals surface area contributed by atoms with Gasteiger partial charge in [-0.05, 0) is 11.7 Å². The van der Waals surface area contributed by atoms with Gasteiger partial charge in [-0.1, -0.05) is 0 Å². The second-order valence-electron chi connectivity index (χ2n) is 0.679. The molecule has 0 spiro atoms. The van der Waals surface area contributed by atoms with Crippen LogP contribution in [0.1, 0.15) is 0 Å². The molecule has 0 saturated heterocycles. The van der Waals surface area contributed by atoms with Gasteiger partial charge >= 0.3 is 60.5 Å². The third-order valence-corrected chi connectivity index (χ3v) is 0. The average molecular weight is 236 g/mol. The Balaban J connectivity index is -0.0000000910. The van der Waals surface area contributed by atoms with Crippen LogP contribution in [-0.2, 0) is 20.5 Å². The standard InChI is InChI=1S/K.H2O3S2.H2O3S.H/c;1-5(2,3)4;1-4(2)3;/h;(H2,1,2,3,4);(H2,1,2,3);. The first-order chi connectivity index (χ1) is 3.73. The molecule has 0 aromatic rings. The summed E-state index contributed by atoms with van der Waals surface area (Å²) in [5, 5.41) is 0. The van der Waals surface area contributed by atoms with Crippen molar-refractivity contribution in [3.05, 3.63) is 0 Å². The molecule has 0 aromatic heterocycles. The summed E-state index contributed by atoms with van der Waals surface area (Å²) >= 11 is 0.0394. The Hall–Kier alpha value is 1.97. The molecule has 0 aromatic carbocycles. The van der Waals surface area contributed by atoms with Crippen LogP contribution in [0.4, 0.5) is 0 Å². The molecule has 0 heterocycles. The van der Waals surface area contributed by atoms with Crippen molar-refractivity contribution in [2.24, 2.45) is 0 Å². The molecule has 0 rings (SSSR count). The molecular formula is H5KO6S3. The number of hydrogen-bond acceptors (Lipinski definition) is 3. The van der Waals surface area contributed by atoms with Crippen molar-refractivity contribution in [2.75, 3.05) is 0 Å². The minimum atomic E-state index is -3.97. The van der Waals surface area contributed by atoms with Crippen molar-refractivity contribution < 1.29 is 26.3 Å². The van der Waals surface area contributed by atoms with Gasteiger partial charge in [0.1, 0.15) is 0 Å². The Labute approximate surface area is 108 Å². The van der Waals surface area contributed by atoms with E-state index >= 15 is 0 Å². The molecule has 6 nitrogen and oxygen atoms in total. The number of thiol groups is 1. The zero-order valence-electron chi connectivity index (χ0n) is 3.83. The van der Waals surface area contributed by atoms with E-state index in [1.807, 2.05) is 0 Å². The molecule has 0 aliphatic rings. The van der Waals surface area contributed by atoms with Crippen LogP contribution in [-0.4, -0.2) is 77.7 Å². The van der Waals surface area contributed by atoms with E-state index in [4.69, 9.17) is 26.3 Å². The Morgan fingerprint density at radius 3 is 1.30 bits per heavy atom. The predicted octanol–water partition coefficient (Wildman–Crippen LogP) is -1.25.